The second kappa shape index (κ2) is 7.91. The standard InChI is InChI=1S/C16H15N3O8/c20-12-7-14(22)13(21)6-8(12)5-11(15(23)24)18-16(25)17-9-1-3-10(4-2-9)19(26)27/h1-4,6-7,11,20-22H,5H2,(H,23,24)(H2,17,18,25)/t11-/m0/s1. The maximum atomic E-state index is 12.0. The van der Waals surface area contributed by atoms with E-state index in [0.717, 1.165) is 12.1 Å². The number of hydrogen-bond acceptors (Lipinski definition) is 7. The van der Waals surface area contributed by atoms with Crippen molar-refractivity contribution in [1.29, 1.82) is 0 Å². The molecular formula is C16H15N3O8. The van der Waals surface area contributed by atoms with E-state index in [-0.39, 0.29) is 23.4 Å². The number of carboxylic acids is 1. The molecule has 0 spiro atoms. The third kappa shape index (κ3) is 4.98. The van der Waals surface area contributed by atoms with Crippen LogP contribution in [0.5, 0.6) is 17.2 Å². The normalized spacial score (nSPS) is 11.4. The number of anilines is 1. The molecule has 0 saturated carbocycles. The van der Waals surface area contributed by atoms with Crippen molar-refractivity contribution < 1.29 is 34.9 Å². The highest BCUT2D eigenvalue weighted by Crippen LogP contribution is 2.32. The number of amides is 2. The molecule has 0 aliphatic carbocycles. The number of aromatic hydroxyl groups is 3. The van der Waals surface area contributed by atoms with Crippen LogP contribution in [0.15, 0.2) is 36.4 Å². The summed E-state index contributed by atoms with van der Waals surface area (Å²) in [5.41, 5.74) is 0.0210. The highest BCUT2D eigenvalue weighted by Gasteiger charge is 2.23. The van der Waals surface area contributed by atoms with Crippen LogP contribution in [0.2, 0.25) is 0 Å². The van der Waals surface area contributed by atoms with Crippen molar-refractivity contribution in [2.45, 2.75) is 12.5 Å². The number of carbonyl (C=O) groups excluding carboxylic acids is 1. The molecule has 0 aromatic heterocycles. The predicted octanol–water partition coefficient (Wildman–Crippen LogP) is 1.53. The number of benzene rings is 2. The summed E-state index contributed by atoms with van der Waals surface area (Å²) in [4.78, 5) is 33.3. The zero-order valence-electron chi connectivity index (χ0n) is 13.6. The van der Waals surface area contributed by atoms with Gasteiger partial charge in [0.05, 0.1) is 4.92 Å². The van der Waals surface area contributed by atoms with Gasteiger partial charge in [-0.15, -0.1) is 0 Å². The number of carboxylic acid groups (broad SMARTS) is 1. The van der Waals surface area contributed by atoms with E-state index in [1.807, 2.05) is 0 Å². The second-order valence-corrected chi connectivity index (χ2v) is 5.47. The van der Waals surface area contributed by atoms with Gasteiger partial charge < -0.3 is 31.1 Å². The maximum absolute atomic E-state index is 12.0. The topological polar surface area (TPSA) is 182 Å². The van der Waals surface area contributed by atoms with Gasteiger partial charge in [0.1, 0.15) is 11.8 Å². The summed E-state index contributed by atoms with van der Waals surface area (Å²) >= 11 is 0. The lowest BCUT2D eigenvalue weighted by Crippen LogP contribution is -2.44. The predicted molar refractivity (Wildman–Crippen MR) is 91.8 cm³/mol. The van der Waals surface area contributed by atoms with Gasteiger partial charge in [0.15, 0.2) is 11.5 Å². The van der Waals surface area contributed by atoms with E-state index in [1.165, 1.54) is 24.3 Å². The van der Waals surface area contributed by atoms with Gasteiger partial charge in [-0.25, -0.2) is 9.59 Å². The van der Waals surface area contributed by atoms with Crippen LogP contribution in [0.4, 0.5) is 16.2 Å². The molecule has 2 aromatic rings. The number of nitrogens with zero attached hydrogens (tertiary/aromatic N) is 1. The number of aliphatic carboxylic acids is 1. The van der Waals surface area contributed by atoms with Crippen LogP contribution in [-0.2, 0) is 11.2 Å². The SMILES string of the molecule is O=C(Nc1ccc([N+](=O)[O-])cc1)N[C@@H](Cc1cc(O)c(O)cc1O)C(=O)O. The first kappa shape index (κ1) is 19.3. The summed E-state index contributed by atoms with van der Waals surface area (Å²) in [6, 6.07) is 4.37. The monoisotopic (exact) mass is 377 g/mol. The fourth-order valence-corrected chi connectivity index (χ4v) is 2.18. The minimum absolute atomic E-state index is 0.00617. The molecule has 0 heterocycles. The number of nitro benzene ring substituents is 1. The van der Waals surface area contributed by atoms with Gasteiger partial charge in [-0.1, -0.05) is 0 Å². The number of phenols is 3. The first-order valence-corrected chi connectivity index (χ1v) is 7.46. The average molecular weight is 377 g/mol. The molecule has 0 aliphatic rings. The molecule has 0 saturated heterocycles. The lowest BCUT2D eigenvalue weighted by atomic mass is 10.0. The van der Waals surface area contributed by atoms with E-state index in [4.69, 9.17) is 0 Å². The van der Waals surface area contributed by atoms with Crippen molar-refractivity contribution in [3.8, 4) is 17.2 Å². The van der Waals surface area contributed by atoms with E-state index in [2.05, 4.69) is 10.6 Å². The van der Waals surface area contributed by atoms with Gasteiger partial charge in [-0.05, 0) is 18.2 Å². The summed E-state index contributed by atoms with van der Waals surface area (Å²) in [5, 5.41) is 52.8. The Hall–Kier alpha value is -4.02. The van der Waals surface area contributed by atoms with Gasteiger partial charge in [0, 0.05) is 35.9 Å². The molecule has 0 bridgehead atoms. The number of nitrogens with one attached hydrogen (secondary N) is 2. The number of nitro groups is 1. The third-order valence-corrected chi connectivity index (χ3v) is 3.54. The van der Waals surface area contributed by atoms with Crippen molar-refractivity contribution in [3.63, 3.8) is 0 Å². The molecule has 27 heavy (non-hydrogen) atoms. The molecule has 0 radical (unpaired) electrons. The first-order chi connectivity index (χ1) is 12.7. The van der Waals surface area contributed by atoms with Gasteiger partial charge in [0.2, 0.25) is 0 Å². The fourth-order valence-electron chi connectivity index (χ4n) is 2.18. The van der Waals surface area contributed by atoms with Gasteiger partial charge in [-0.2, -0.15) is 0 Å². The number of phenolic OH excluding ortho intramolecular Hbond substituents is 3. The Morgan fingerprint density at radius 3 is 2.19 bits per heavy atom. The Balaban J connectivity index is 2.07. The first-order valence-electron chi connectivity index (χ1n) is 7.46. The molecule has 2 amide bonds. The number of rotatable bonds is 6. The Bertz CT molecular complexity index is 882. The molecule has 11 nitrogen and oxygen atoms in total. The summed E-state index contributed by atoms with van der Waals surface area (Å²) in [7, 11) is 0. The van der Waals surface area contributed by atoms with Crippen LogP contribution in [0.3, 0.4) is 0 Å². The van der Waals surface area contributed by atoms with Crippen molar-refractivity contribution in [2.24, 2.45) is 0 Å². The van der Waals surface area contributed by atoms with Crippen molar-refractivity contribution in [3.05, 3.63) is 52.1 Å². The molecule has 1 atom stereocenters. The van der Waals surface area contributed by atoms with E-state index < -0.39 is 40.2 Å². The molecule has 0 fully saturated rings. The Morgan fingerprint density at radius 2 is 1.63 bits per heavy atom. The zero-order chi connectivity index (χ0) is 20.1. The van der Waals surface area contributed by atoms with Crippen molar-refractivity contribution in [2.75, 3.05) is 5.32 Å². The van der Waals surface area contributed by atoms with Gasteiger partial charge in [0.25, 0.3) is 5.69 Å². The molecule has 0 aliphatic heterocycles. The number of non-ortho nitro benzene ring substituents is 1. The van der Waals surface area contributed by atoms with Crippen LogP contribution in [0.25, 0.3) is 0 Å². The van der Waals surface area contributed by atoms with E-state index in [9.17, 15) is 40.1 Å². The van der Waals surface area contributed by atoms with Gasteiger partial charge >= 0.3 is 12.0 Å². The smallest absolute Gasteiger partial charge is 0.326 e. The van der Waals surface area contributed by atoms with Crippen LogP contribution in [-0.4, -0.2) is 43.4 Å². The Kier molecular flexibility index (Phi) is 5.65. The van der Waals surface area contributed by atoms with Crippen LogP contribution in [0.1, 0.15) is 5.56 Å². The summed E-state index contributed by atoms with van der Waals surface area (Å²) in [6.45, 7) is 0. The van der Waals surface area contributed by atoms with E-state index in [1.54, 1.807) is 0 Å². The molecule has 0 unspecified atom stereocenters. The lowest BCUT2D eigenvalue weighted by molar-refractivity contribution is -0.384. The molecule has 6 N–H and O–H groups in total. The van der Waals surface area contributed by atoms with Crippen molar-refractivity contribution in [1.82, 2.24) is 5.32 Å². The highest BCUT2D eigenvalue weighted by molar-refractivity contribution is 5.92. The quantitative estimate of drug-likeness (QED) is 0.189. The Labute approximate surface area is 151 Å². The lowest BCUT2D eigenvalue weighted by Gasteiger charge is -2.16. The number of urea groups is 1. The van der Waals surface area contributed by atoms with Crippen LogP contribution >= 0.6 is 0 Å². The molecule has 2 rings (SSSR count). The van der Waals surface area contributed by atoms with Crippen LogP contribution in [0, 0.1) is 10.1 Å². The molecular weight excluding hydrogens is 362 g/mol. The van der Waals surface area contributed by atoms with Crippen LogP contribution < -0.4 is 10.6 Å². The minimum Gasteiger partial charge on any atom is -0.508 e. The summed E-state index contributed by atoms with van der Waals surface area (Å²) in [5.74, 6) is -2.98. The molecule has 142 valence electrons. The minimum atomic E-state index is -1.46. The fraction of sp³-hybridized carbons (Fsp3) is 0.125. The molecule has 11 heteroatoms. The summed E-state index contributed by atoms with van der Waals surface area (Å²) < 4.78 is 0. The molecule has 2 aromatic carbocycles. The second-order valence-electron chi connectivity index (χ2n) is 5.47. The average Bonchev–Trinajstić information content (AvgIpc) is 2.59. The van der Waals surface area contributed by atoms with Gasteiger partial charge in [-0.3, -0.25) is 10.1 Å². The van der Waals surface area contributed by atoms with E-state index >= 15 is 0 Å². The van der Waals surface area contributed by atoms with Crippen molar-refractivity contribution >= 4 is 23.4 Å². The Morgan fingerprint density at radius 1 is 1.04 bits per heavy atom. The maximum Gasteiger partial charge on any atom is 0.326 e. The number of hydrogen-bond donors (Lipinski definition) is 6. The summed E-state index contributed by atoms with van der Waals surface area (Å²) in [6.07, 6.45) is -0.372. The number of carbonyl (C=O) groups is 2. The third-order valence-electron chi connectivity index (χ3n) is 3.54. The zero-order valence-corrected chi connectivity index (χ0v) is 13.6. The van der Waals surface area contributed by atoms with E-state index in [0.29, 0.717) is 0 Å². The largest absolute Gasteiger partial charge is 0.508 e. The highest BCUT2D eigenvalue weighted by atomic mass is 16.6.